The average Bonchev–Trinajstić information content (AvgIpc) is 3.30. The Morgan fingerprint density at radius 1 is 0.323 bits per heavy atom. The number of carbonyl (C=O) groups is 3. The van der Waals surface area contributed by atoms with Gasteiger partial charge in [-0.25, -0.2) is 0 Å². The molecule has 0 amide bonds. The molecule has 0 saturated heterocycles. The van der Waals surface area contributed by atoms with Crippen LogP contribution in [0.1, 0.15) is 252 Å². The Balaban J connectivity index is 4.43. The van der Waals surface area contributed by atoms with Gasteiger partial charge in [0.1, 0.15) is 13.2 Å². The standard InChI is InChI=1S/C59H100O6/c1-4-7-10-13-16-19-22-25-27-29-30-31-33-34-37-40-43-46-49-52-58(61)64-55-56(54-63-57(60)51-48-45-42-39-36-24-21-18-15-12-9-6-3)65-59(62)53-50-47-44-41-38-35-32-28-26-23-20-17-14-11-8-5-2/h7,9-10,12,16,18-19,21,25,27,30-31,34,37,56H,4-6,8,11,13-15,17,20,22-24,26,28-29,32-33,35-36,38-55H2,1-3H3/b10-7-,12-9-,19-16-,21-18-,27-25-,31-30-,37-34-. The fourth-order valence-corrected chi connectivity index (χ4v) is 7.39. The van der Waals surface area contributed by atoms with Crippen molar-refractivity contribution in [2.75, 3.05) is 13.2 Å². The van der Waals surface area contributed by atoms with Gasteiger partial charge in [0.15, 0.2) is 6.10 Å². The SMILES string of the molecule is CC/C=C\C/C=C\C/C=C\C/C=C\C/C=C\CCCCCC(=O)OCC(COC(=O)CCCCCCC/C=C\C/C=C\CC)OC(=O)CCCCCCCCCCCCCCCCCC. The van der Waals surface area contributed by atoms with Crippen LogP contribution in [0.2, 0.25) is 0 Å². The summed E-state index contributed by atoms with van der Waals surface area (Å²) < 4.78 is 16.8. The molecule has 0 bridgehead atoms. The van der Waals surface area contributed by atoms with Crippen LogP contribution >= 0.6 is 0 Å². The first-order valence-electron chi connectivity index (χ1n) is 27.1. The van der Waals surface area contributed by atoms with Gasteiger partial charge in [0, 0.05) is 19.3 Å². The molecule has 1 unspecified atom stereocenters. The number of rotatable bonds is 48. The predicted molar refractivity (Wildman–Crippen MR) is 279 cm³/mol. The van der Waals surface area contributed by atoms with E-state index in [1.165, 1.54) is 83.5 Å². The van der Waals surface area contributed by atoms with Crippen LogP contribution in [-0.2, 0) is 28.6 Å². The van der Waals surface area contributed by atoms with Crippen molar-refractivity contribution in [2.45, 2.75) is 258 Å². The molecular weight excluding hydrogens is 805 g/mol. The van der Waals surface area contributed by atoms with Crippen molar-refractivity contribution in [1.82, 2.24) is 0 Å². The normalized spacial score (nSPS) is 12.7. The van der Waals surface area contributed by atoms with Crippen molar-refractivity contribution < 1.29 is 28.6 Å². The fourth-order valence-electron chi connectivity index (χ4n) is 7.39. The Labute approximate surface area is 401 Å². The van der Waals surface area contributed by atoms with Gasteiger partial charge >= 0.3 is 17.9 Å². The predicted octanol–water partition coefficient (Wildman–Crippen LogP) is 18.0. The zero-order chi connectivity index (χ0) is 47.2. The smallest absolute Gasteiger partial charge is 0.306 e. The topological polar surface area (TPSA) is 78.9 Å². The van der Waals surface area contributed by atoms with E-state index in [-0.39, 0.29) is 31.1 Å². The number of allylic oxidation sites excluding steroid dienone is 14. The van der Waals surface area contributed by atoms with E-state index in [4.69, 9.17) is 14.2 Å². The molecule has 372 valence electrons. The highest BCUT2D eigenvalue weighted by Gasteiger charge is 2.19. The Hall–Kier alpha value is -3.41. The van der Waals surface area contributed by atoms with Crippen LogP contribution in [0.5, 0.6) is 0 Å². The van der Waals surface area contributed by atoms with Gasteiger partial charge in [0.2, 0.25) is 0 Å². The minimum Gasteiger partial charge on any atom is -0.462 e. The quantitative estimate of drug-likeness (QED) is 0.0262. The van der Waals surface area contributed by atoms with Gasteiger partial charge in [-0.3, -0.25) is 14.4 Å². The lowest BCUT2D eigenvalue weighted by Gasteiger charge is -2.18. The van der Waals surface area contributed by atoms with E-state index in [1.807, 2.05) is 0 Å². The lowest BCUT2D eigenvalue weighted by Crippen LogP contribution is -2.30. The molecule has 0 aliphatic rings. The summed E-state index contributed by atoms with van der Waals surface area (Å²) in [5.41, 5.74) is 0. The van der Waals surface area contributed by atoms with Crippen molar-refractivity contribution in [1.29, 1.82) is 0 Å². The van der Waals surface area contributed by atoms with Crippen LogP contribution < -0.4 is 0 Å². The summed E-state index contributed by atoms with van der Waals surface area (Å²) in [4.78, 5) is 38.0. The molecule has 6 nitrogen and oxygen atoms in total. The maximum Gasteiger partial charge on any atom is 0.306 e. The summed E-state index contributed by atoms with van der Waals surface area (Å²) in [5.74, 6) is -0.936. The van der Waals surface area contributed by atoms with Crippen LogP contribution in [-0.4, -0.2) is 37.2 Å². The van der Waals surface area contributed by atoms with Crippen LogP contribution in [0.15, 0.2) is 85.1 Å². The second kappa shape index (κ2) is 53.2. The van der Waals surface area contributed by atoms with Gasteiger partial charge in [-0.05, 0) is 89.9 Å². The Kier molecular flexibility index (Phi) is 50.4. The number of hydrogen-bond donors (Lipinski definition) is 0. The number of unbranched alkanes of at least 4 members (excludes halogenated alkanes) is 23. The van der Waals surface area contributed by atoms with E-state index < -0.39 is 6.10 Å². The molecule has 0 heterocycles. The number of carbonyl (C=O) groups excluding carboxylic acids is 3. The van der Waals surface area contributed by atoms with Gasteiger partial charge in [-0.1, -0.05) is 228 Å². The van der Waals surface area contributed by atoms with Crippen molar-refractivity contribution >= 4 is 17.9 Å². The molecular formula is C59H100O6. The molecule has 0 radical (unpaired) electrons. The van der Waals surface area contributed by atoms with E-state index in [0.29, 0.717) is 19.3 Å². The molecule has 0 aromatic heterocycles. The third kappa shape index (κ3) is 51.4. The molecule has 0 N–H and O–H groups in total. The monoisotopic (exact) mass is 905 g/mol. The van der Waals surface area contributed by atoms with Crippen LogP contribution in [0.25, 0.3) is 0 Å². The minimum atomic E-state index is -0.794. The highest BCUT2D eigenvalue weighted by Crippen LogP contribution is 2.15. The lowest BCUT2D eigenvalue weighted by atomic mass is 10.0. The van der Waals surface area contributed by atoms with E-state index in [9.17, 15) is 14.4 Å². The lowest BCUT2D eigenvalue weighted by molar-refractivity contribution is -0.167. The highest BCUT2D eigenvalue weighted by molar-refractivity contribution is 5.71. The van der Waals surface area contributed by atoms with Gasteiger partial charge in [-0.15, -0.1) is 0 Å². The molecule has 65 heavy (non-hydrogen) atoms. The van der Waals surface area contributed by atoms with Crippen molar-refractivity contribution in [2.24, 2.45) is 0 Å². The van der Waals surface area contributed by atoms with E-state index in [2.05, 4.69) is 106 Å². The number of hydrogen-bond acceptors (Lipinski definition) is 6. The molecule has 1 atom stereocenters. The summed E-state index contributed by atoms with van der Waals surface area (Å²) in [6.07, 6.45) is 68.6. The summed E-state index contributed by atoms with van der Waals surface area (Å²) in [6.45, 7) is 6.38. The molecule has 0 spiro atoms. The van der Waals surface area contributed by atoms with E-state index in [1.54, 1.807) is 0 Å². The summed E-state index contributed by atoms with van der Waals surface area (Å²) >= 11 is 0. The second-order valence-corrected chi connectivity index (χ2v) is 17.7. The second-order valence-electron chi connectivity index (χ2n) is 17.7. The largest absolute Gasteiger partial charge is 0.462 e. The van der Waals surface area contributed by atoms with Crippen molar-refractivity contribution in [3.8, 4) is 0 Å². The third-order valence-corrected chi connectivity index (χ3v) is 11.4. The molecule has 0 aromatic carbocycles. The number of ether oxygens (including phenoxy) is 3. The van der Waals surface area contributed by atoms with Crippen LogP contribution in [0, 0.1) is 0 Å². The zero-order valence-electron chi connectivity index (χ0n) is 42.5. The fraction of sp³-hybridized carbons (Fsp3) is 0.712. The van der Waals surface area contributed by atoms with E-state index in [0.717, 1.165) is 128 Å². The Morgan fingerprint density at radius 3 is 0.954 bits per heavy atom. The first-order valence-corrected chi connectivity index (χ1v) is 27.1. The van der Waals surface area contributed by atoms with Crippen LogP contribution in [0.3, 0.4) is 0 Å². The molecule has 0 rings (SSSR count). The maximum atomic E-state index is 12.8. The highest BCUT2D eigenvalue weighted by atomic mass is 16.6. The first kappa shape index (κ1) is 61.6. The summed E-state index contributed by atoms with van der Waals surface area (Å²) in [6, 6.07) is 0. The first-order chi connectivity index (χ1) is 32.0. The minimum absolute atomic E-state index is 0.0934. The molecule has 0 fully saturated rings. The molecule has 0 aromatic rings. The van der Waals surface area contributed by atoms with Gasteiger partial charge < -0.3 is 14.2 Å². The van der Waals surface area contributed by atoms with Crippen molar-refractivity contribution in [3.63, 3.8) is 0 Å². The Bertz CT molecular complexity index is 1270. The molecule has 0 aliphatic heterocycles. The number of esters is 3. The van der Waals surface area contributed by atoms with Gasteiger partial charge in [-0.2, -0.15) is 0 Å². The molecule has 0 saturated carbocycles. The van der Waals surface area contributed by atoms with E-state index >= 15 is 0 Å². The molecule has 6 heteroatoms. The summed E-state index contributed by atoms with van der Waals surface area (Å²) in [5, 5.41) is 0. The van der Waals surface area contributed by atoms with Crippen molar-refractivity contribution in [3.05, 3.63) is 85.1 Å². The zero-order valence-corrected chi connectivity index (χ0v) is 42.5. The van der Waals surface area contributed by atoms with Gasteiger partial charge in [0.25, 0.3) is 0 Å². The van der Waals surface area contributed by atoms with Crippen LogP contribution in [0.4, 0.5) is 0 Å². The third-order valence-electron chi connectivity index (χ3n) is 11.4. The summed E-state index contributed by atoms with van der Waals surface area (Å²) in [7, 11) is 0. The maximum absolute atomic E-state index is 12.8. The average molecular weight is 905 g/mol. The Morgan fingerprint density at radius 2 is 0.600 bits per heavy atom. The molecule has 0 aliphatic carbocycles. The van der Waals surface area contributed by atoms with Gasteiger partial charge in [0.05, 0.1) is 0 Å².